The fourth-order valence-corrected chi connectivity index (χ4v) is 1.71. The molecule has 15 heavy (non-hydrogen) atoms. The molecule has 0 spiro atoms. The zero-order valence-corrected chi connectivity index (χ0v) is 10.1. The number of nitrogens with one attached hydrogen (secondary N) is 2. The fourth-order valence-electron chi connectivity index (χ4n) is 1.71. The highest BCUT2D eigenvalue weighted by atomic mass is 16.6. The molecule has 1 aliphatic heterocycles. The molecule has 0 radical (unpaired) electrons. The smallest absolute Gasteiger partial charge is 0.408 e. The maximum Gasteiger partial charge on any atom is 0.408 e. The van der Waals surface area contributed by atoms with Crippen molar-refractivity contribution in [2.24, 2.45) is 0 Å². The number of amides is 1. The number of rotatable bonds is 1. The highest BCUT2D eigenvalue weighted by molar-refractivity contribution is 5.68. The van der Waals surface area contributed by atoms with E-state index < -0.39 is 5.60 Å². The van der Waals surface area contributed by atoms with Gasteiger partial charge in [-0.3, -0.25) is 0 Å². The van der Waals surface area contributed by atoms with Crippen LogP contribution in [-0.2, 0) is 4.74 Å². The normalized spacial score (nSPS) is 27.2. The Balaban J connectivity index is 2.42. The van der Waals surface area contributed by atoms with Crippen LogP contribution < -0.4 is 10.6 Å². The lowest BCUT2D eigenvalue weighted by molar-refractivity contribution is 0.0448. The van der Waals surface area contributed by atoms with Crippen LogP contribution in [0.5, 0.6) is 0 Å². The van der Waals surface area contributed by atoms with E-state index in [0.29, 0.717) is 0 Å². The lowest BCUT2D eigenvalue weighted by Crippen LogP contribution is -2.56. The number of hydrogen-bond acceptors (Lipinski definition) is 3. The Labute approximate surface area is 91.8 Å². The summed E-state index contributed by atoms with van der Waals surface area (Å²) in [5.41, 5.74) is -0.594. The first-order chi connectivity index (χ1) is 6.81. The molecule has 4 nitrogen and oxygen atoms in total. The van der Waals surface area contributed by atoms with Gasteiger partial charge in [0.15, 0.2) is 0 Å². The van der Waals surface area contributed by atoms with E-state index in [9.17, 15) is 4.79 Å². The molecule has 1 aliphatic rings. The van der Waals surface area contributed by atoms with Crippen molar-refractivity contribution in [2.75, 3.05) is 13.1 Å². The van der Waals surface area contributed by atoms with Gasteiger partial charge in [-0.2, -0.15) is 0 Å². The Morgan fingerprint density at radius 3 is 2.60 bits per heavy atom. The second-order valence-corrected chi connectivity index (χ2v) is 5.47. The summed E-state index contributed by atoms with van der Waals surface area (Å²) in [6.45, 7) is 9.50. The molecule has 2 N–H and O–H groups in total. The Morgan fingerprint density at radius 1 is 1.47 bits per heavy atom. The molecule has 1 atom stereocenters. The van der Waals surface area contributed by atoms with E-state index in [4.69, 9.17) is 4.74 Å². The molecular weight excluding hydrogens is 192 g/mol. The second-order valence-electron chi connectivity index (χ2n) is 5.47. The van der Waals surface area contributed by atoms with Gasteiger partial charge in [0, 0.05) is 6.54 Å². The maximum absolute atomic E-state index is 11.6. The van der Waals surface area contributed by atoms with Crippen molar-refractivity contribution in [3.8, 4) is 0 Å². The first-order valence-electron chi connectivity index (χ1n) is 5.53. The van der Waals surface area contributed by atoms with E-state index in [0.717, 1.165) is 25.9 Å². The van der Waals surface area contributed by atoms with Crippen molar-refractivity contribution < 1.29 is 9.53 Å². The van der Waals surface area contributed by atoms with Gasteiger partial charge in [0.2, 0.25) is 0 Å². The Morgan fingerprint density at radius 2 is 2.13 bits per heavy atom. The average molecular weight is 214 g/mol. The number of ether oxygens (including phenoxy) is 1. The quantitative estimate of drug-likeness (QED) is 0.698. The summed E-state index contributed by atoms with van der Waals surface area (Å²) in [6.07, 6.45) is 1.76. The summed E-state index contributed by atoms with van der Waals surface area (Å²) in [5.74, 6) is 0. The summed E-state index contributed by atoms with van der Waals surface area (Å²) in [7, 11) is 0. The van der Waals surface area contributed by atoms with E-state index >= 15 is 0 Å². The molecule has 1 fully saturated rings. The summed E-state index contributed by atoms with van der Waals surface area (Å²) >= 11 is 0. The van der Waals surface area contributed by atoms with E-state index in [1.54, 1.807) is 0 Å². The molecule has 0 aromatic heterocycles. The van der Waals surface area contributed by atoms with Gasteiger partial charge in [-0.15, -0.1) is 0 Å². The van der Waals surface area contributed by atoms with Crippen molar-refractivity contribution in [1.82, 2.24) is 10.6 Å². The van der Waals surface area contributed by atoms with Crippen LogP contribution in [0.2, 0.25) is 0 Å². The van der Waals surface area contributed by atoms with Crippen molar-refractivity contribution in [1.29, 1.82) is 0 Å². The Bertz CT molecular complexity index is 227. The standard InChI is InChI=1S/C11H22N2O2/c1-10(2,3)15-9(14)13-11(4)6-5-7-12-8-11/h12H,5-8H2,1-4H3,(H,13,14). The minimum absolute atomic E-state index is 0.166. The van der Waals surface area contributed by atoms with Crippen LogP contribution in [0.4, 0.5) is 4.79 Å². The molecule has 0 saturated carbocycles. The number of hydrogen-bond donors (Lipinski definition) is 2. The van der Waals surface area contributed by atoms with Crippen LogP contribution in [-0.4, -0.2) is 30.3 Å². The largest absolute Gasteiger partial charge is 0.444 e. The third-order valence-electron chi connectivity index (χ3n) is 2.40. The molecule has 0 aromatic carbocycles. The zero-order valence-electron chi connectivity index (χ0n) is 10.1. The summed E-state index contributed by atoms with van der Waals surface area (Å²) in [4.78, 5) is 11.6. The van der Waals surface area contributed by atoms with E-state index in [2.05, 4.69) is 10.6 Å². The van der Waals surface area contributed by atoms with Gasteiger partial charge < -0.3 is 15.4 Å². The molecule has 1 heterocycles. The average Bonchev–Trinajstić information content (AvgIpc) is 1.99. The van der Waals surface area contributed by atoms with E-state index in [1.165, 1.54) is 0 Å². The first-order valence-corrected chi connectivity index (χ1v) is 5.53. The van der Waals surface area contributed by atoms with Gasteiger partial charge in [-0.1, -0.05) is 0 Å². The lowest BCUT2D eigenvalue weighted by atomic mass is 9.93. The number of carbonyl (C=O) groups excluding carboxylic acids is 1. The minimum atomic E-state index is -0.428. The Hall–Kier alpha value is -0.770. The van der Waals surface area contributed by atoms with Crippen LogP contribution in [0.3, 0.4) is 0 Å². The monoisotopic (exact) mass is 214 g/mol. The van der Waals surface area contributed by atoms with Crippen molar-refractivity contribution in [2.45, 2.75) is 51.7 Å². The van der Waals surface area contributed by atoms with Crippen LogP contribution in [0.1, 0.15) is 40.5 Å². The van der Waals surface area contributed by atoms with Gasteiger partial charge in [-0.05, 0) is 47.1 Å². The second kappa shape index (κ2) is 4.39. The van der Waals surface area contributed by atoms with Crippen LogP contribution in [0, 0.1) is 0 Å². The minimum Gasteiger partial charge on any atom is -0.444 e. The number of alkyl carbamates (subject to hydrolysis) is 1. The van der Waals surface area contributed by atoms with Crippen LogP contribution in [0.25, 0.3) is 0 Å². The van der Waals surface area contributed by atoms with Crippen molar-refractivity contribution in [3.63, 3.8) is 0 Å². The fraction of sp³-hybridized carbons (Fsp3) is 0.909. The molecular formula is C11H22N2O2. The van der Waals surface area contributed by atoms with Crippen molar-refractivity contribution >= 4 is 6.09 Å². The van der Waals surface area contributed by atoms with Crippen LogP contribution >= 0.6 is 0 Å². The summed E-state index contributed by atoms with van der Waals surface area (Å²) in [5, 5.41) is 6.20. The van der Waals surface area contributed by atoms with Gasteiger partial charge >= 0.3 is 6.09 Å². The molecule has 1 saturated heterocycles. The summed E-state index contributed by atoms with van der Waals surface area (Å²) < 4.78 is 5.23. The number of piperidine rings is 1. The van der Waals surface area contributed by atoms with E-state index in [-0.39, 0.29) is 11.6 Å². The third kappa shape index (κ3) is 4.51. The first kappa shape index (κ1) is 12.3. The molecule has 0 aliphatic carbocycles. The molecule has 0 aromatic rings. The zero-order chi connectivity index (χ0) is 11.5. The van der Waals surface area contributed by atoms with Crippen molar-refractivity contribution in [3.05, 3.63) is 0 Å². The molecule has 1 rings (SSSR count). The highest BCUT2D eigenvalue weighted by Crippen LogP contribution is 2.16. The maximum atomic E-state index is 11.6. The SMILES string of the molecule is CC1(NC(=O)OC(C)(C)C)CCCNC1. The van der Waals surface area contributed by atoms with Crippen LogP contribution in [0.15, 0.2) is 0 Å². The molecule has 1 amide bonds. The molecule has 4 heteroatoms. The Kier molecular flexibility index (Phi) is 3.60. The molecule has 0 bridgehead atoms. The predicted octanol–water partition coefficient (Wildman–Crippen LogP) is 1.65. The van der Waals surface area contributed by atoms with Gasteiger partial charge in [-0.25, -0.2) is 4.79 Å². The number of carbonyl (C=O) groups is 1. The summed E-state index contributed by atoms with van der Waals surface area (Å²) in [6, 6.07) is 0. The van der Waals surface area contributed by atoms with Gasteiger partial charge in [0.05, 0.1) is 5.54 Å². The molecule has 1 unspecified atom stereocenters. The predicted molar refractivity (Wildman–Crippen MR) is 59.9 cm³/mol. The van der Waals surface area contributed by atoms with Gasteiger partial charge in [0.25, 0.3) is 0 Å². The molecule has 88 valence electrons. The topological polar surface area (TPSA) is 50.4 Å². The van der Waals surface area contributed by atoms with E-state index in [1.807, 2.05) is 27.7 Å². The lowest BCUT2D eigenvalue weighted by Gasteiger charge is -2.35. The highest BCUT2D eigenvalue weighted by Gasteiger charge is 2.30. The third-order valence-corrected chi connectivity index (χ3v) is 2.40. The van der Waals surface area contributed by atoms with Gasteiger partial charge in [0.1, 0.15) is 5.60 Å².